The van der Waals surface area contributed by atoms with E-state index in [1.807, 2.05) is 27.2 Å². The summed E-state index contributed by atoms with van der Waals surface area (Å²) in [6.45, 7) is 4.73. The third-order valence-corrected chi connectivity index (χ3v) is 14.7. The van der Waals surface area contributed by atoms with E-state index in [9.17, 15) is 19.4 Å². The van der Waals surface area contributed by atoms with Crippen LogP contribution in [0.15, 0.2) is 72.9 Å². The van der Waals surface area contributed by atoms with Crippen LogP contribution in [0.25, 0.3) is 0 Å². The van der Waals surface area contributed by atoms with E-state index in [2.05, 4.69) is 79.9 Å². The normalized spacial score (nSPS) is 14.3. The lowest BCUT2D eigenvalue weighted by Crippen LogP contribution is -2.45. The Morgan fingerprint density at radius 2 is 0.822 bits per heavy atom. The number of unbranched alkanes of at least 4 members (excludes halogenated alkanes) is 33. The second-order valence-corrected chi connectivity index (χ2v) is 23.5. The Balaban J connectivity index is 4.13. The number of phosphoric acid groups is 1. The second kappa shape index (κ2) is 54.7. The van der Waals surface area contributed by atoms with Crippen molar-refractivity contribution in [3.8, 4) is 0 Å². The third kappa shape index (κ3) is 57.5. The van der Waals surface area contributed by atoms with Gasteiger partial charge in [0.05, 0.1) is 39.9 Å². The van der Waals surface area contributed by atoms with Crippen molar-refractivity contribution in [3.63, 3.8) is 0 Å². The van der Waals surface area contributed by atoms with Gasteiger partial charge in [-0.05, 0) is 64.2 Å². The van der Waals surface area contributed by atoms with Crippen molar-refractivity contribution in [3.05, 3.63) is 72.9 Å². The molecule has 0 bridgehead atoms. The molecule has 73 heavy (non-hydrogen) atoms. The summed E-state index contributed by atoms with van der Waals surface area (Å²) < 4.78 is 23.8. The van der Waals surface area contributed by atoms with Crippen molar-refractivity contribution in [2.45, 2.75) is 289 Å². The number of nitrogens with zero attached hydrogens (tertiary/aromatic N) is 1. The Morgan fingerprint density at radius 3 is 1.21 bits per heavy atom. The van der Waals surface area contributed by atoms with Crippen LogP contribution in [-0.4, -0.2) is 73.4 Å². The average molecular weight is 1040 g/mol. The van der Waals surface area contributed by atoms with Crippen LogP contribution in [0.1, 0.15) is 277 Å². The SMILES string of the molecule is CC/C=C\C/C=C\C/C=C\C/C=C\C/C=C\CCCCCCCCCCCCCCCCCC(=O)NC(COP(=O)(O)OCC[N+](C)(C)C)C(O)/C=C/CCCCCCCCCCCCCCCCCCCC. The van der Waals surface area contributed by atoms with Gasteiger partial charge < -0.3 is 19.8 Å². The minimum atomic E-state index is -4.35. The van der Waals surface area contributed by atoms with Gasteiger partial charge in [-0.25, -0.2) is 4.57 Å². The highest BCUT2D eigenvalue weighted by Crippen LogP contribution is 2.43. The van der Waals surface area contributed by atoms with Gasteiger partial charge in [0.1, 0.15) is 13.2 Å². The fraction of sp³-hybridized carbons (Fsp3) is 0.797. The van der Waals surface area contributed by atoms with Gasteiger partial charge in [-0.2, -0.15) is 0 Å². The number of rotatable bonds is 56. The van der Waals surface area contributed by atoms with Crippen molar-refractivity contribution in [1.29, 1.82) is 0 Å². The molecule has 9 heteroatoms. The molecule has 0 radical (unpaired) electrons. The van der Waals surface area contributed by atoms with Gasteiger partial charge in [-0.15, -0.1) is 0 Å². The Bertz CT molecular complexity index is 1420. The van der Waals surface area contributed by atoms with E-state index >= 15 is 0 Å². The first-order valence-electron chi connectivity index (χ1n) is 30.8. The van der Waals surface area contributed by atoms with E-state index in [0.717, 1.165) is 70.6 Å². The molecule has 0 aromatic rings. The van der Waals surface area contributed by atoms with Crippen LogP contribution < -0.4 is 5.32 Å². The van der Waals surface area contributed by atoms with Crippen LogP contribution in [0.3, 0.4) is 0 Å². The van der Waals surface area contributed by atoms with Crippen molar-refractivity contribution >= 4 is 13.7 Å². The minimum absolute atomic E-state index is 0.0603. The fourth-order valence-corrected chi connectivity index (χ4v) is 9.63. The summed E-state index contributed by atoms with van der Waals surface area (Å²) in [6, 6.07) is -0.850. The molecule has 0 aliphatic carbocycles. The molecule has 0 aliphatic heterocycles. The molecule has 426 valence electrons. The maximum atomic E-state index is 13.0. The first kappa shape index (κ1) is 70.9. The number of likely N-dealkylation sites (N-methyl/N-ethyl adjacent to an activating group) is 1. The van der Waals surface area contributed by atoms with Crippen LogP contribution in [0, 0.1) is 0 Å². The second-order valence-electron chi connectivity index (χ2n) is 22.1. The molecule has 8 nitrogen and oxygen atoms in total. The topological polar surface area (TPSA) is 105 Å². The zero-order valence-electron chi connectivity index (χ0n) is 48.6. The molecule has 0 fully saturated rings. The van der Waals surface area contributed by atoms with Gasteiger partial charge >= 0.3 is 7.82 Å². The number of nitrogens with one attached hydrogen (secondary N) is 1. The Hall–Kier alpha value is -2.06. The van der Waals surface area contributed by atoms with Gasteiger partial charge in [-0.3, -0.25) is 13.8 Å². The summed E-state index contributed by atoms with van der Waals surface area (Å²) in [6.07, 6.45) is 75.8. The number of aliphatic hydroxyl groups is 1. The van der Waals surface area contributed by atoms with E-state index in [4.69, 9.17) is 9.05 Å². The number of amides is 1. The minimum Gasteiger partial charge on any atom is -0.387 e. The molecule has 0 aromatic carbocycles. The highest BCUT2D eigenvalue weighted by molar-refractivity contribution is 7.47. The summed E-state index contributed by atoms with van der Waals surface area (Å²) in [5, 5.41) is 14.0. The van der Waals surface area contributed by atoms with Crippen molar-refractivity contribution in [1.82, 2.24) is 5.32 Å². The Labute approximate surface area is 453 Å². The quantitative estimate of drug-likeness (QED) is 0.0243. The van der Waals surface area contributed by atoms with E-state index in [-0.39, 0.29) is 19.1 Å². The molecular formula is C64H120N2O6P+. The third-order valence-electron chi connectivity index (χ3n) is 13.7. The molecule has 0 aromatic heterocycles. The molecule has 3 atom stereocenters. The number of phosphoric ester groups is 1. The van der Waals surface area contributed by atoms with Crippen LogP contribution in [0.4, 0.5) is 0 Å². The predicted octanol–water partition coefficient (Wildman–Crippen LogP) is 19.0. The number of quaternary nitrogens is 1. The molecule has 0 heterocycles. The number of allylic oxidation sites excluding steroid dienone is 11. The van der Waals surface area contributed by atoms with Gasteiger partial charge in [0.25, 0.3) is 0 Å². The molecule has 1 amide bonds. The fourth-order valence-electron chi connectivity index (χ4n) is 8.89. The van der Waals surface area contributed by atoms with E-state index in [0.29, 0.717) is 17.4 Å². The summed E-state index contributed by atoms with van der Waals surface area (Å²) in [4.78, 5) is 23.3. The lowest BCUT2D eigenvalue weighted by atomic mass is 10.0. The van der Waals surface area contributed by atoms with Crippen molar-refractivity contribution in [2.75, 3.05) is 40.9 Å². The van der Waals surface area contributed by atoms with Gasteiger partial charge in [0.2, 0.25) is 5.91 Å². The average Bonchev–Trinajstić information content (AvgIpc) is 3.35. The van der Waals surface area contributed by atoms with Crippen LogP contribution in [0.2, 0.25) is 0 Å². The van der Waals surface area contributed by atoms with E-state index in [1.165, 1.54) is 186 Å². The monoisotopic (exact) mass is 1040 g/mol. The lowest BCUT2D eigenvalue weighted by Gasteiger charge is -2.25. The van der Waals surface area contributed by atoms with Gasteiger partial charge in [0.15, 0.2) is 0 Å². The Kier molecular flexibility index (Phi) is 53.2. The molecule has 0 spiro atoms. The molecule has 0 saturated heterocycles. The van der Waals surface area contributed by atoms with E-state index < -0.39 is 20.0 Å². The number of aliphatic hydroxyl groups excluding tert-OH is 1. The predicted molar refractivity (Wildman–Crippen MR) is 318 cm³/mol. The van der Waals surface area contributed by atoms with Gasteiger partial charge in [0, 0.05) is 6.42 Å². The summed E-state index contributed by atoms with van der Waals surface area (Å²) in [7, 11) is 1.57. The standard InChI is InChI=1S/C64H119N2O6P/c1-6-8-10-12-14-16-18-20-22-24-26-28-29-30-31-32-33-34-35-36-37-38-40-42-44-46-48-50-52-54-56-58-64(68)65-62(61-72-73(69,70)71-60-59-66(3,4)5)63(67)57-55-53-51-49-47-45-43-41-39-27-25-23-21-19-17-15-13-11-9-7-2/h8,10,14,16,20,22,26,28,30-31,55,57,62-63,67H,6-7,9,11-13,15,17-19,21,23-25,27,29,32-54,56,58-61H2,1-5H3,(H-,65,68,69,70)/p+1/b10-8-,16-14-,22-20-,28-26-,31-30-,57-55+. The highest BCUT2D eigenvalue weighted by Gasteiger charge is 2.27. The van der Waals surface area contributed by atoms with Crippen molar-refractivity contribution in [2.24, 2.45) is 0 Å². The Morgan fingerprint density at radius 1 is 0.479 bits per heavy atom. The summed E-state index contributed by atoms with van der Waals surface area (Å²) in [5.41, 5.74) is 0. The molecule has 3 N–H and O–H groups in total. The summed E-state index contributed by atoms with van der Waals surface area (Å²) >= 11 is 0. The maximum Gasteiger partial charge on any atom is 0.472 e. The highest BCUT2D eigenvalue weighted by atomic mass is 31.2. The van der Waals surface area contributed by atoms with E-state index in [1.54, 1.807) is 6.08 Å². The largest absolute Gasteiger partial charge is 0.472 e. The smallest absolute Gasteiger partial charge is 0.387 e. The van der Waals surface area contributed by atoms with Crippen molar-refractivity contribution < 1.29 is 32.9 Å². The number of hydrogen-bond acceptors (Lipinski definition) is 5. The van der Waals surface area contributed by atoms with Gasteiger partial charge in [-0.1, -0.05) is 279 Å². The number of carbonyl (C=O) groups is 1. The number of carbonyl (C=O) groups excluding carboxylic acids is 1. The van der Waals surface area contributed by atoms with Crippen LogP contribution in [-0.2, 0) is 18.4 Å². The summed E-state index contributed by atoms with van der Waals surface area (Å²) in [5.74, 6) is -0.176. The molecule has 3 unspecified atom stereocenters. The molecule has 0 saturated carbocycles. The molecular weight excluding hydrogens is 924 g/mol. The molecule has 0 rings (SSSR count). The first-order valence-corrected chi connectivity index (χ1v) is 32.3. The van der Waals surface area contributed by atoms with Crippen LogP contribution in [0.5, 0.6) is 0 Å². The lowest BCUT2D eigenvalue weighted by molar-refractivity contribution is -0.870. The number of hydrogen-bond donors (Lipinski definition) is 3. The molecule has 0 aliphatic rings. The van der Waals surface area contributed by atoms with Crippen LogP contribution >= 0.6 is 7.82 Å². The zero-order chi connectivity index (χ0) is 53.5. The zero-order valence-corrected chi connectivity index (χ0v) is 49.5. The first-order chi connectivity index (χ1) is 35.5. The maximum absolute atomic E-state index is 13.0.